The van der Waals surface area contributed by atoms with Gasteiger partial charge in [-0.05, 0) is 54.4 Å². The van der Waals surface area contributed by atoms with Gasteiger partial charge in [0.15, 0.2) is 0 Å². The zero-order valence-corrected chi connectivity index (χ0v) is 17.3. The molecule has 0 fully saturated rings. The molecule has 0 unspecified atom stereocenters. The molecule has 0 bridgehead atoms. The minimum atomic E-state index is -0.437. The van der Waals surface area contributed by atoms with Crippen molar-refractivity contribution in [2.24, 2.45) is 0 Å². The SMILES string of the molecule is Cc1cc(Br)ccc1NC(=O)c1cc2cccnc2n(Cc2ccccc2)c1=O. The number of hydrogen-bond acceptors (Lipinski definition) is 3. The zero-order valence-electron chi connectivity index (χ0n) is 15.7. The molecule has 1 amide bonds. The van der Waals surface area contributed by atoms with Crippen LogP contribution < -0.4 is 10.9 Å². The molecule has 2 aromatic heterocycles. The second-order valence-corrected chi connectivity index (χ2v) is 7.68. The molecule has 0 aliphatic carbocycles. The van der Waals surface area contributed by atoms with Crippen LogP contribution in [0.1, 0.15) is 21.5 Å². The van der Waals surface area contributed by atoms with E-state index in [-0.39, 0.29) is 11.1 Å². The third-order valence-electron chi connectivity index (χ3n) is 4.71. The Balaban J connectivity index is 1.79. The van der Waals surface area contributed by atoms with Crippen LogP contribution in [0.2, 0.25) is 0 Å². The van der Waals surface area contributed by atoms with Gasteiger partial charge in [-0.3, -0.25) is 14.2 Å². The number of pyridine rings is 2. The number of amides is 1. The first-order chi connectivity index (χ1) is 14.0. The average molecular weight is 448 g/mol. The van der Waals surface area contributed by atoms with E-state index in [2.05, 4.69) is 26.2 Å². The van der Waals surface area contributed by atoms with Gasteiger partial charge in [0.25, 0.3) is 11.5 Å². The summed E-state index contributed by atoms with van der Waals surface area (Å²) in [5.41, 5.74) is 2.80. The molecule has 29 heavy (non-hydrogen) atoms. The van der Waals surface area contributed by atoms with Crippen molar-refractivity contribution >= 4 is 38.6 Å². The molecule has 2 heterocycles. The van der Waals surface area contributed by atoms with Gasteiger partial charge >= 0.3 is 0 Å². The van der Waals surface area contributed by atoms with Crippen LogP contribution >= 0.6 is 15.9 Å². The highest BCUT2D eigenvalue weighted by Crippen LogP contribution is 2.21. The molecule has 2 aromatic carbocycles. The number of nitrogens with one attached hydrogen (secondary N) is 1. The molecule has 0 saturated carbocycles. The fourth-order valence-corrected chi connectivity index (χ4v) is 3.71. The lowest BCUT2D eigenvalue weighted by Gasteiger charge is -2.13. The van der Waals surface area contributed by atoms with Crippen LogP contribution in [-0.4, -0.2) is 15.5 Å². The predicted molar refractivity (Wildman–Crippen MR) is 118 cm³/mol. The monoisotopic (exact) mass is 447 g/mol. The minimum absolute atomic E-state index is 0.0868. The predicted octanol–water partition coefficient (Wildman–Crippen LogP) is 4.77. The lowest BCUT2D eigenvalue weighted by Crippen LogP contribution is -2.30. The summed E-state index contributed by atoms with van der Waals surface area (Å²) in [6.45, 7) is 2.24. The number of carbonyl (C=O) groups excluding carboxylic acids is 1. The van der Waals surface area contributed by atoms with E-state index in [4.69, 9.17) is 0 Å². The Labute approximate surface area is 176 Å². The highest BCUT2D eigenvalue weighted by molar-refractivity contribution is 9.10. The zero-order chi connectivity index (χ0) is 20.4. The number of fused-ring (bicyclic) bond motifs is 1. The van der Waals surface area contributed by atoms with Crippen LogP contribution in [0.5, 0.6) is 0 Å². The van der Waals surface area contributed by atoms with Crippen LogP contribution in [-0.2, 0) is 6.54 Å². The third-order valence-corrected chi connectivity index (χ3v) is 5.21. The van der Waals surface area contributed by atoms with E-state index >= 15 is 0 Å². The number of benzene rings is 2. The van der Waals surface area contributed by atoms with Crippen molar-refractivity contribution in [1.29, 1.82) is 0 Å². The molecule has 6 heteroatoms. The number of aromatic nitrogens is 2. The number of nitrogens with zero attached hydrogens (tertiary/aromatic N) is 2. The maximum Gasteiger partial charge on any atom is 0.265 e. The summed E-state index contributed by atoms with van der Waals surface area (Å²) in [6, 6.07) is 20.5. The molecule has 5 nitrogen and oxygen atoms in total. The second-order valence-electron chi connectivity index (χ2n) is 6.76. The highest BCUT2D eigenvalue weighted by Gasteiger charge is 2.17. The van der Waals surface area contributed by atoms with E-state index in [1.807, 2.05) is 61.5 Å². The molecule has 144 valence electrons. The fraction of sp³-hybridized carbons (Fsp3) is 0.0870. The first-order valence-corrected chi connectivity index (χ1v) is 9.92. The number of rotatable bonds is 4. The smallest absolute Gasteiger partial charge is 0.265 e. The molecule has 0 atom stereocenters. The van der Waals surface area contributed by atoms with Crippen molar-refractivity contribution < 1.29 is 4.79 Å². The lowest BCUT2D eigenvalue weighted by molar-refractivity contribution is 0.102. The van der Waals surface area contributed by atoms with E-state index in [0.717, 1.165) is 21.0 Å². The molecule has 0 saturated heterocycles. The van der Waals surface area contributed by atoms with Gasteiger partial charge in [0, 0.05) is 21.7 Å². The summed E-state index contributed by atoms with van der Waals surface area (Å²) >= 11 is 3.41. The summed E-state index contributed by atoms with van der Waals surface area (Å²) < 4.78 is 2.48. The van der Waals surface area contributed by atoms with Gasteiger partial charge in [0.05, 0.1) is 6.54 Å². The van der Waals surface area contributed by atoms with Gasteiger partial charge in [0.2, 0.25) is 0 Å². The van der Waals surface area contributed by atoms with E-state index in [1.54, 1.807) is 22.9 Å². The minimum Gasteiger partial charge on any atom is -0.322 e. The molecule has 0 aliphatic rings. The summed E-state index contributed by atoms with van der Waals surface area (Å²) in [4.78, 5) is 30.5. The Bertz CT molecular complexity index is 1270. The standard InChI is InChI=1S/C23H18BrN3O2/c1-15-12-18(24)9-10-20(15)26-22(28)19-13-17-8-5-11-25-21(17)27(23(19)29)14-16-6-3-2-4-7-16/h2-13H,14H2,1H3,(H,26,28). The Morgan fingerprint density at radius 2 is 1.86 bits per heavy atom. The van der Waals surface area contributed by atoms with Crippen LogP contribution in [0.15, 0.2) is 82.2 Å². The Hall–Kier alpha value is -3.25. The fourth-order valence-electron chi connectivity index (χ4n) is 3.24. The molecule has 0 spiro atoms. The van der Waals surface area contributed by atoms with Crippen LogP contribution in [0, 0.1) is 6.92 Å². The molecule has 0 radical (unpaired) electrons. The molecular weight excluding hydrogens is 430 g/mol. The summed E-state index contributed by atoms with van der Waals surface area (Å²) in [5.74, 6) is -0.437. The van der Waals surface area contributed by atoms with Crippen molar-refractivity contribution in [1.82, 2.24) is 9.55 Å². The van der Waals surface area contributed by atoms with E-state index in [1.165, 1.54) is 0 Å². The largest absolute Gasteiger partial charge is 0.322 e. The summed E-state index contributed by atoms with van der Waals surface area (Å²) in [7, 11) is 0. The topological polar surface area (TPSA) is 64.0 Å². The first-order valence-electron chi connectivity index (χ1n) is 9.13. The molecule has 4 aromatic rings. The van der Waals surface area contributed by atoms with Crippen molar-refractivity contribution in [3.63, 3.8) is 0 Å². The molecule has 4 rings (SSSR count). The average Bonchev–Trinajstić information content (AvgIpc) is 2.72. The summed E-state index contributed by atoms with van der Waals surface area (Å²) in [6.07, 6.45) is 1.65. The van der Waals surface area contributed by atoms with Crippen molar-refractivity contribution in [3.05, 3.63) is 104 Å². The Morgan fingerprint density at radius 1 is 1.07 bits per heavy atom. The molecule has 1 N–H and O–H groups in total. The quantitative estimate of drug-likeness (QED) is 0.489. The van der Waals surface area contributed by atoms with Gasteiger partial charge in [-0.1, -0.05) is 46.3 Å². The van der Waals surface area contributed by atoms with Gasteiger partial charge < -0.3 is 5.32 Å². The number of hydrogen-bond donors (Lipinski definition) is 1. The first kappa shape index (κ1) is 19.1. The van der Waals surface area contributed by atoms with Crippen molar-refractivity contribution in [2.45, 2.75) is 13.5 Å². The second kappa shape index (κ2) is 8.01. The van der Waals surface area contributed by atoms with Crippen molar-refractivity contribution in [2.75, 3.05) is 5.32 Å². The number of aryl methyl sites for hydroxylation is 1. The highest BCUT2D eigenvalue weighted by atomic mass is 79.9. The summed E-state index contributed by atoms with van der Waals surface area (Å²) in [5, 5.41) is 3.59. The van der Waals surface area contributed by atoms with Gasteiger partial charge in [-0.25, -0.2) is 4.98 Å². The van der Waals surface area contributed by atoms with Gasteiger partial charge in [-0.2, -0.15) is 0 Å². The third kappa shape index (κ3) is 3.98. The van der Waals surface area contributed by atoms with E-state index in [9.17, 15) is 9.59 Å². The normalized spacial score (nSPS) is 10.8. The number of halogens is 1. The maximum atomic E-state index is 13.2. The lowest BCUT2D eigenvalue weighted by atomic mass is 10.1. The van der Waals surface area contributed by atoms with Crippen LogP contribution in [0.4, 0.5) is 5.69 Å². The van der Waals surface area contributed by atoms with Gasteiger partial charge in [-0.15, -0.1) is 0 Å². The van der Waals surface area contributed by atoms with Crippen LogP contribution in [0.3, 0.4) is 0 Å². The Morgan fingerprint density at radius 3 is 2.62 bits per heavy atom. The molecular formula is C23H18BrN3O2. The Kier molecular flexibility index (Phi) is 5.27. The van der Waals surface area contributed by atoms with E-state index in [0.29, 0.717) is 17.9 Å². The number of anilines is 1. The van der Waals surface area contributed by atoms with Gasteiger partial charge in [0.1, 0.15) is 11.2 Å². The van der Waals surface area contributed by atoms with E-state index < -0.39 is 5.91 Å². The molecule has 0 aliphatic heterocycles. The number of carbonyl (C=O) groups is 1. The maximum absolute atomic E-state index is 13.2. The van der Waals surface area contributed by atoms with Crippen LogP contribution in [0.25, 0.3) is 11.0 Å². The van der Waals surface area contributed by atoms with Crippen molar-refractivity contribution in [3.8, 4) is 0 Å².